The van der Waals surface area contributed by atoms with Crippen LogP contribution in [-0.4, -0.2) is 63.1 Å². The molecule has 2 aliphatic carbocycles. The number of hydrogen-bond acceptors (Lipinski definition) is 6. The smallest absolute Gasteiger partial charge is 0.259 e. The van der Waals surface area contributed by atoms with Crippen LogP contribution in [0.15, 0.2) is 4.79 Å². The average Bonchev–Trinajstić information content (AvgIpc) is 3.38. The number of aryl methyl sites for hydroxylation is 2. The van der Waals surface area contributed by atoms with E-state index in [1.54, 1.807) is 23.1 Å². The highest BCUT2D eigenvalue weighted by Gasteiger charge is 2.38. The molecule has 3 heterocycles. The summed E-state index contributed by atoms with van der Waals surface area (Å²) in [7, 11) is 0. The number of likely N-dealkylation sites (tertiary alicyclic amines) is 1. The number of nitrogens with one attached hydrogen (secondary N) is 1. The lowest BCUT2D eigenvalue weighted by molar-refractivity contribution is -0.134. The van der Waals surface area contributed by atoms with Crippen LogP contribution in [0.3, 0.4) is 0 Å². The minimum Gasteiger partial charge on any atom is -0.337 e. The van der Waals surface area contributed by atoms with E-state index >= 15 is 0 Å². The predicted molar refractivity (Wildman–Crippen MR) is 128 cm³/mol. The molecule has 0 aromatic carbocycles. The van der Waals surface area contributed by atoms with Gasteiger partial charge in [-0.25, -0.2) is 4.98 Å². The highest BCUT2D eigenvalue weighted by atomic mass is 32.2. The number of amides is 1. The first kappa shape index (κ1) is 21.5. The molecule has 0 radical (unpaired) electrons. The molecule has 31 heavy (non-hydrogen) atoms. The molecule has 2 fully saturated rings. The Morgan fingerprint density at radius 3 is 2.74 bits per heavy atom. The van der Waals surface area contributed by atoms with Crippen molar-refractivity contribution in [1.82, 2.24) is 19.8 Å². The zero-order chi connectivity index (χ0) is 21.4. The molecule has 2 aromatic rings. The Bertz CT molecular complexity index is 1000. The van der Waals surface area contributed by atoms with Gasteiger partial charge >= 0.3 is 0 Å². The first-order valence-electron chi connectivity index (χ1n) is 11.8. The van der Waals surface area contributed by atoms with Gasteiger partial charge in [0.05, 0.1) is 11.1 Å². The SMILES string of the molecule is CCN1CCC(N(C(=O)CCSCc2nc3sc4c(c3c(=O)[nH]2)CCC4)C2CC2)CC1. The minimum absolute atomic E-state index is 0.00871. The van der Waals surface area contributed by atoms with Crippen molar-refractivity contribution in [3.63, 3.8) is 0 Å². The Morgan fingerprint density at radius 1 is 1.23 bits per heavy atom. The minimum atomic E-state index is 0.00871. The molecular weight excluding hydrogens is 428 g/mol. The van der Waals surface area contributed by atoms with Crippen LogP contribution in [0, 0.1) is 0 Å². The monoisotopic (exact) mass is 460 g/mol. The van der Waals surface area contributed by atoms with E-state index in [0.717, 1.165) is 73.5 Å². The summed E-state index contributed by atoms with van der Waals surface area (Å²) in [6, 6.07) is 0.908. The van der Waals surface area contributed by atoms with Gasteiger partial charge in [-0.05, 0) is 57.1 Å². The number of carbonyl (C=O) groups excluding carboxylic acids is 1. The van der Waals surface area contributed by atoms with Gasteiger partial charge in [0.1, 0.15) is 10.7 Å². The van der Waals surface area contributed by atoms with Crippen molar-refractivity contribution in [2.75, 3.05) is 25.4 Å². The molecule has 1 saturated heterocycles. The number of rotatable bonds is 8. The normalized spacial score (nSPS) is 19.8. The number of carbonyl (C=O) groups is 1. The Kier molecular flexibility index (Phi) is 6.40. The van der Waals surface area contributed by atoms with Crippen molar-refractivity contribution in [3.05, 3.63) is 26.6 Å². The topological polar surface area (TPSA) is 69.3 Å². The standard InChI is InChI=1S/C23H32N4O2S2/c1-2-26-11-8-16(9-12-26)27(15-6-7-15)20(28)10-13-30-14-19-24-22(29)21-17-4-3-5-18(17)31-23(21)25-19/h15-16H,2-14H2,1H3,(H,24,25,29). The van der Waals surface area contributed by atoms with E-state index in [9.17, 15) is 9.59 Å². The number of piperidine rings is 1. The fraction of sp³-hybridized carbons (Fsp3) is 0.696. The van der Waals surface area contributed by atoms with Gasteiger partial charge in [0.15, 0.2) is 0 Å². The molecule has 0 spiro atoms. The third kappa shape index (κ3) is 4.57. The molecule has 8 heteroatoms. The zero-order valence-electron chi connectivity index (χ0n) is 18.3. The summed E-state index contributed by atoms with van der Waals surface area (Å²) in [5.41, 5.74) is 1.23. The summed E-state index contributed by atoms with van der Waals surface area (Å²) >= 11 is 3.38. The van der Waals surface area contributed by atoms with Crippen LogP contribution >= 0.6 is 23.1 Å². The second kappa shape index (κ2) is 9.24. The molecule has 6 nitrogen and oxygen atoms in total. The van der Waals surface area contributed by atoms with Crippen molar-refractivity contribution >= 4 is 39.2 Å². The number of hydrogen-bond donors (Lipinski definition) is 1. The van der Waals surface area contributed by atoms with Gasteiger partial charge < -0.3 is 14.8 Å². The molecule has 1 aliphatic heterocycles. The van der Waals surface area contributed by atoms with Crippen LogP contribution in [0.4, 0.5) is 0 Å². The third-order valence-electron chi connectivity index (χ3n) is 6.95. The van der Waals surface area contributed by atoms with Gasteiger partial charge in [0.2, 0.25) is 5.91 Å². The average molecular weight is 461 g/mol. The first-order chi connectivity index (χ1) is 15.1. The number of fused-ring (bicyclic) bond motifs is 3. The fourth-order valence-electron chi connectivity index (χ4n) is 5.14. The number of nitrogens with zero attached hydrogens (tertiary/aromatic N) is 3. The number of thiophene rings is 1. The van der Waals surface area contributed by atoms with Crippen molar-refractivity contribution in [1.29, 1.82) is 0 Å². The van der Waals surface area contributed by atoms with Gasteiger partial charge in [-0.15, -0.1) is 11.3 Å². The Balaban J connectivity index is 1.15. The summed E-state index contributed by atoms with van der Waals surface area (Å²) in [6.45, 7) is 5.55. The summed E-state index contributed by atoms with van der Waals surface area (Å²) in [5.74, 6) is 2.48. The maximum absolute atomic E-state index is 13.0. The summed E-state index contributed by atoms with van der Waals surface area (Å²) in [5, 5.41) is 0.815. The van der Waals surface area contributed by atoms with E-state index < -0.39 is 0 Å². The zero-order valence-corrected chi connectivity index (χ0v) is 20.0. The van der Waals surface area contributed by atoms with Gasteiger partial charge in [0, 0.05) is 42.2 Å². The summed E-state index contributed by atoms with van der Waals surface area (Å²) < 4.78 is 0. The van der Waals surface area contributed by atoms with Crippen LogP contribution < -0.4 is 5.56 Å². The molecule has 1 amide bonds. The Hall–Kier alpha value is -1.38. The Morgan fingerprint density at radius 2 is 2.00 bits per heavy atom. The highest BCUT2D eigenvalue weighted by Crippen LogP contribution is 2.35. The van der Waals surface area contributed by atoms with Crippen molar-refractivity contribution in [3.8, 4) is 0 Å². The molecule has 0 atom stereocenters. The van der Waals surface area contributed by atoms with Gasteiger partial charge in [-0.3, -0.25) is 9.59 Å². The molecule has 1 N–H and O–H groups in total. The number of H-pyrrole nitrogens is 1. The maximum atomic E-state index is 13.0. The molecular formula is C23H32N4O2S2. The molecule has 5 rings (SSSR count). The van der Waals surface area contributed by atoms with Gasteiger partial charge in [-0.1, -0.05) is 6.92 Å². The second-order valence-electron chi connectivity index (χ2n) is 9.05. The lowest BCUT2D eigenvalue weighted by atomic mass is 10.0. The number of thioether (sulfide) groups is 1. The number of aromatic nitrogens is 2. The lowest BCUT2D eigenvalue weighted by Crippen LogP contribution is -2.48. The van der Waals surface area contributed by atoms with E-state index in [1.165, 1.54) is 23.3 Å². The third-order valence-corrected chi connectivity index (χ3v) is 9.11. The van der Waals surface area contributed by atoms with Crippen LogP contribution in [0.25, 0.3) is 10.2 Å². The summed E-state index contributed by atoms with van der Waals surface area (Å²) in [4.78, 5) is 40.3. The van der Waals surface area contributed by atoms with Crippen LogP contribution in [0.2, 0.25) is 0 Å². The summed E-state index contributed by atoms with van der Waals surface area (Å²) in [6.07, 6.45) is 8.37. The van der Waals surface area contributed by atoms with Crippen LogP contribution in [0.1, 0.15) is 61.7 Å². The first-order valence-corrected chi connectivity index (χ1v) is 13.8. The molecule has 0 unspecified atom stereocenters. The quantitative estimate of drug-likeness (QED) is 0.610. The number of aromatic amines is 1. The van der Waals surface area contributed by atoms with Crippen LogP contribution in [-0.2, 0) is 23.4 Å². The molecule has 168 valence electrons. The van der Waals surface area contributed by atoms with Gasteiger partial charge in [0.25, 0.3) is 5.56 Å². The highest BCUT2D eigenvalue weighted by molar-refractivity contribution is 7.98. The van der Waals surface area contributed by atoms with Crippen molar-refractivity contribution < 1.29 is 4.79 Å². The van der Waals surface area contributed by atoms with E-state index in [4.69, 9.17) is 4.98 Å². The molecule has 0 bridgehead atoms. The predicted octanol–water partition coefficient (Wildman–Crippen LogP) is 3.57. The van der Waals surface area contributed by atoms with E-state index in [2.05, 4.69) is 21.7 Å². The van der Waals surface area contributed by atoms with Gasteiger partial charge in [-0.2, -0.15) is 11.8 Å². The van der Waals surface area contributed by atoms with Crippen molar-refractivity contribution in [2.24, 2.45) is 0 Å². The largest absolute Gasteiger partial charge is 0.337 e. The Labute approximate surface area is 191 Å². The molecule has 1 saturated carbocycles. The second-order valence-corrected chi connectivity index (χ2v) is 11.2. The molecule has 2 aromatic heterocycles. The maximum Gasteiger partial charge on any atom is 0.259 e. The fourth-order valence-corrected chi connectivity index (χ4v) is 7.22. The lowest BCUT2D eigenvalue weighted by Gasteiger charge is -2.38. The van der Waals surface area contributed by atoms with Crippen LogP contribution in [0.5, 0.6) is 0 Å². The molecule has 3 aliphatic rings. The van der Waals surface area contributed by atoms with E-state index in [1.807, 2.05) is 0 Å². The van der Waals surface area contributed by atoms with E-state index in [0.29, 0.717) is 30.2 Å². The van der Waals surface area contributed by atoms with E-state index in [-0.39, 0.29) is 5.56 Å². The van der Waals surface area contributed by atoms with Crippen molar-refractivity contribution in [2.45, 2.75) is 76.1 Å².